The topological polar surface area (TPSA) is 68.6 Å². The molecule has 1 fully saturated rings. The van der Waals surface area contributed by atoms with Crippen molar-refractivity contribution < 1.29 is 18.7 Å². The lowest BCUT2D eigenvalue weighted by atomic mass is 10.1. The molecule has 1 N–H and O–H groups in total. The van der Waals surface area contributed by atoms with Crippen LogP contribution in [0.3, 0.4) is 0 Å². The maximum Gasteiger partial charge on any atom is 0.407 e. The van der Waals surface area contributed by atoms with Crippen molar-refractivity contribution in [1.82, 2.24) is 20.0 Å². The normalized spacial score (nSPS) is 17.0. The van der Waals surface area contributed by atoms with Crippen LogP contribution >= 0.6 is 0 Å². The van der Waals surface area contributed by atoms with E-state index in [1.807, 2.05) is 50.8 Å². The van der Waals surface area contributed by atoms with E-state index >= 15 is 0 Å². The summed E-state index contributed by atoms with van der Waals surface area (Å²) in [5, 5.41) is 7.57. The summed E-state index contributed by atoms with van der Waals surface area (Å²) < 4.78 is 26.3. The zero-order chi connectivity index (χ0) is 23.8. The lowest BCUT2D eigenvalue weighted by molar-refractivity contribution is -0.0395. The van der Waals surface area contributed by atoms with Gasteiger partial charge in [0.05, 0.1) is 5.69 Å². The number of carbonyl (C=O) groups is 1. The minimum Gasteiger partial charge on any atom is -0.444 e. The smallest absolute Gasteiger partial charge is 0.407 e. The van der Waals surface area contributed by atoms with Crippen molar-refractivity contribution in [2.45, 2.75) is 58.4 Å². The fourth-order valence-electron chi connectivity index (χ4n) is 3.57. The second-order valence-electron chi connectivity index (χ2n) is 9.39. The zero-order valence-electron chi connectivity index (χ0n) is 20.0. The second-order valence-corrected chi connectivity index (χ2v) is 9.39. The van der Waals surface area contributed by atoms with Crippen molar-refractivity contribution in [3.8, 4) is 0 Å². The van der Waals surface area contributed by atoms with Gasteiger partial charge in [-0.15, -0.1) is 0 Å². The van der Waals surface area contributed by atoms with Gasteiger partial charge in [0.1, 0.15) is 17.6 Å². The zero-order valence-corrected chi connectivity index (χ0v) is 20.0. The number of hydrogen-bond donors (Lipinski definition) is 1. The van der Waals surface area contributed by atoms with E-state index in [1.165, 1.54) is 12.1 Å². The van der Waals surface area contributed by atoms with Crippen LogP contribution in [0.15, 0.2) is 30.5 Å². The number of alkyl carbamates (subject to hydrolysis) is 1. The van der Waals surface area contributed by atoms with Crippen LogP contribution in [0.1, 0.15) is 63.1 Å². The van der Waals surface area contributed by atoms with Crippen molar-refractivity contribution in [2.75, 3.05) is 26.7 Å². The quantitative estimate of drug-likeness (QED) is 0.613. The molecule has 7 nitrogen and oxygen atoms in total. The van der Waals surface area contributed by atoms with Crippen molar-refractivity contribution in [2.24, 2.45) is 0 Å². The molecule has 1 unspecified atom stereocenters. The Kier molecular flexibility index (Phi) is 8.63. The van der Waals surface area contributed by atoms with Gasteiger partial charge in [-0.1, -0.05) is 18.2 Å². The summed E-state index contributed by atoms with van der Waals surface area (Å²) in [6, 6.07) is 6.36. The third-order valence-electron chi connectivity index (χ3n) is 5.20. The monoisotopic (exact) mass is 458 g/mol. The number of ether oxygens (including phenoxy) is 2. The fraction of sp³-hybridized carbons (Fsp3) is 0.520. The summed E-state index contributed by atoms with van der Waals surface area (Å²) in [5.41, 5.74) is 2.29. The number of amides is 1. The van der Waals surface area contributed by atoms with E-state index in [0.29, 0.717) is 19.6 Å². The average molecular weight is 459 g/mol. The molecule has 1 aromatic carbocycles. The van der Waals surface area contributed by atoms with Crippen molar-refractivity contribution >= 4 is 18.2 Å². The molecule has 180 valence electrons. The van der Waals surface area contributed by atoms with Crippen LogP contribution in [0, 0.1) is 5.82 Å². The summed E-state index contributed by atoms with van der Waals surface area (Å²) in [6.07, 6.45) is 8.60. The number of nitrogens with zero attached hydrogens (tertiary/aromatic N) is 3. The lowest BCUT2D eigenvalue weighted by Gasteiger charge is -2.22. The van der Waals surface area contributed by atoms with E-state index in [0.717, 1.165) is 42.7 Å². The van der Waals surface area contributed by atoms with Gasteiger partial charge >= 0.3 is 6.09 Å². The molecule has 2 heterocycles. The van der Waals surface area contributed by atoms with Crippen LogP contribution in [0.25, 0.3) is 12.2 Å². The molecule has 0 bridgehead atoms. The van der Waals surface area contributed by atoms with Gasteiger partial charge in [-0.05, 0) is 70.9 Å². The molecule has 0 saturated carbocycles. The molecule has 0 aliphatic carbocycles. The van der Waals surface area contributed by atoms with Crippen molar-refractivity contribution in [3.05, 3.63) is 53.1 Å². The number of aromatic nitrogens is 2. The van der Waals surface area contributed by atoms with E-state index in [-0.39, 0.29) is 12.0 Å². The first-order chi connectivity index (χ1) is 15.7. The van der Waals surface area contributed by atoms with Crippen LogP contribution < -0.4 is 5.32 Å². The van der Waals surface area contributed by atoms with Crippen molar-refractivity contribution in [1.29, 1.82) is 0 Å². The molecule has 2 aromatic rings. The Morgan fingerprint density at radius 1 is 1.30 bits per heavy atom. The third kappa shape index (κ3) is 8.29. The molecule has 8 heteroatoms. The Morgan fingerprint density at radius 2 is 2.06 bits per heavy atom. The summed E-state index contributed by atoms with van der Waals surface area (Å²) in [5.74, 6) is -0.256. The number of benzene rings is 1. The number of carbonyl (C=O) groups excluding carboxylic acids is 1. The predicted octanol–water partition coefficient (Wildman–Crippen LogP) is 4.85. The molecular weight excluding hydrogens is 423 g/mol. The molecule has 0 radical (unpaired) electrons. The Morgan fingerprint density at radius 3 is 2.73 bits per heavy atom. The highest BCUT2D eigenvalue weighted by molar-refractivity contribution is 5.69. The SMILES string of the molecule is CN(CCNC(=O)OC(C)(C)C)Cc1cn(C2CCCCO2)nc1/C=C/c1ccc(F)cc1. The molecule has 3 rings (SSSR count). The van der Waals surface area contributed by atoms with Gasteiger partial charge in [0.25, 0.3) is 0 Å². The Labute approximate surface area is 195 Å². The number of halogens is 1. The van der Waals surface area contributed by atoms with Crippen LogP contribution in [0.2, 0.25) is 0 Å². The van der Waals surface area contributed by atoms with Gasteiger partial charge in [-0.3, -0.25) is 0 Å². The summed E-state index contributed by atoms with van der Waals surface area (Å²) >= 11 is 0. The fourth-order valence-corrected chi connectivity index (χ4v) is 3.57. The highest BCUT2D eigenvalue weighted by atomic mass is 19.1. The standard InChI is InChI=1S/C25H35FN4O3/c1-25(2,3)33-24(31)27-14-15-29(4)17-20-18-30(23-7-5-6-16-32-23)28-22(20)13-10-19-8-11-21(26)12-9-19/h8-13,18,23H,5-7,14-17H2,1-4H3,(H,27,31)/b13-10+. The first-order valence-electron chi connectivity index (χ1n) is 11.5. The van der Waals surface area contributed by atoms with E-state index in [4.69, 9.17) is 14.6 Å². The molecule has 1 atom stereocenters. The minimum atomic E-state index is -0.516. The third-order valence-corrected chi connectivity index (χ3v) is 5.20. The van der Waals surface area contributed by atoms with Gasteiger partial charge in [0.2, 0.25) is 0 Å². The number of rotatable bonds is 8. The summed E-state index contributed by atoms with van der Waals surface area (Å²) in [6.45, 7) is 8.06. The van der Waals surface area contributed by atoms with Gasteiger partial charge in [0, 0.05) is 38.0 Å². The summed E-state index contributed by atoms with van der Waals surface area (Å²) in [7, 11) is 2.00. The molecule has 1 aromatic heterocycles. The number of likely N-dealkylation sites (N-methyl/N-ethyl adjacent to an activating group) is 1. The Hall–Kier alpha value is -2.71. The van der Waals surface area contributed by atoms with Gasteiger partial charge in [-0.25, -0.2) is 13.9 Å². The molecular formula is C25H35FN4O3. The van der Waals surface area contributed by atoms with Crippen LogP contribution in [0.5, 0.6) is 0 Å². The molecule has 0 spiro atoms. The predicted molar refractivity (Wildman–Crippen MR) is 127 cm³/mol. The van der Waals surface area contributed by atoms with Crippen LogP contribution in [-0.4, -0.2) is 53.1 Å². The Balaban J connectivity index is 1.66. The van der Waals surface area contributed by atoms with Crippen LogP contribution in [0.4, 0.5) is 9.18 Å². The van der Waals surface area contributed by atoms with Gasteiger partial charge < -0.3 is 19.7 Å². The molecule has 33 heavy (non-hydrogen) atoms. The van der Waals surface area contributed by atoms with Gasteiger partial charge in [-0.2, -0.15) is 5.10 Å². The van der Waals surface area contributed by atoms with Crippen molar-refractivity contribution in [3.63, 3.8) is 0 Å². The maximum atomic E-state index is 13.2. The second kappa shape index (κ2) is 11.4. The molecule has 1 saturated heterocycles. The average Bonchev–Trinajstić information content (AvgIpc) is 3.15. The largest absolute Gasteiger partial charge is 0.444 e. The first kappa shape index (κ1) is 24.9. The van der Waals surface area contributed by atoms with E-state index < -0.39 is 11.7 Å². The minimum absolute atomic E-state index is 0.0513. The highest BCUT2D eigenvalue weighted by Crippen LogP contribution is 2.24. The lowest BCUT2D eigenvalue weighted by Crippen LogP contribution is -2.36. The first-order valence-corrected chi connectivity index (χ1v) is 11.5. The molecule has 1 aliphatic rings. The molecule has 1 amide bonds. The summed E-state index contributed by atoms with van der Waals surface area (Å²) in [4.78, 5) is 14.0. The molecule has 1 aliphatic heterocycles. The van der Waals surface area contributed by atoms with E-state index in [9.17, 15) is 9.18 Å². The maximum absolute atomic E-state index is 13.2. The highest BCUT2D eigenvalue weighted by Gasteiger charge is 2.19. The van der Waals surface area contributed by atoms with Gasteiger partial charge in [0.15, 0.2) is 0 Å². The van der Waals surface area contributed by atoms with Crippen LogP contribution in [-0.2, 0) is 16.0 Å². The number of hydrogen-bond acceptors (Lipinski definition) is 5. The number of nitrogens with one attached hydrogen (secondary N) is 1. The Bertz CT molecular complexity index is 928. The van der Waals surface area contributed by atoms with E-state index in [2.05, 4.69) is 10.2 Å². The van der Waals surface area contributed by atoms with E-state index in [1.54, 1.807) is 12.1 Å².